The third-order valence-corrected chi connectivity index (χ3v) is 2.20. The summed E-state index contributed by atoms with van der Waals surface area (Å²) in [5, 5.41) is 0. The van der Waals surface area contributed by atoms with Gasteiger partial charge in [0.05, 0.1) is 6.54 Å². The van der Waals surface area contributed by atoms with Gasteiger partial charge in [0, 0.05) is 20.4 Å². The van der Waals surface area contributed by atoms with Crippen LogP contribution in [0.4, 0.5) is 0 Å². The van der Waals surface area contributed by atoms with Crippen LogP contribution in [-0.4, -0.2) is 33.3 Å². The Hall–Kier alpha value is -1.19. The number of rotatable bonds is 5. The first-order valence-corrected chi connectivity index (χ1v) is 4.89. The second kappa shape index (κ2) is 6.32. The average molecular weight is 207 g/mol. The number of hydrogen-bond acceptors (Lipinski definition) is 3. The molecule has 0 aliphatic heterocycles. The first-order chi connectivity index (χ1) is 7.27. The second-order valence-electron chi connectivity index (χ2n) is 3.25. The molecule has 3 nitrogen and oxygen atoms in total. The van der Waals surface area contributed by atoms with Crippen LogP contribution in [0.15, 0.2) is 29.3 Å². The van der Waals surface area contributed by atoms with Gasteiger partial charge in [0.1, 0.15) is 0 Å². The van der Waals surface area contributed by atoms with Crippen LogP contribution in [0.5, 0.6) is 0 Å². The Kier molecular flexibility index (Phi) is 5.01. The molecule has 15 heavy (non-hydrogen) atoms. The Balaban J connectivity index is 2.54. The second-order valence-corrected chi connectivity index (χ2v) is 3.25. The molecule has 0 spiro atoms. The van der Waals surface area contributed by atoms with E-state index in [-0.39, 0.29) is 6.29 Å². The van der Waals surface area contributed by atoms with Crippen LogP contribution in [0.2, 0.25) is 0 Å². The third-order valence-electron chi connectivity index (χ3n) is 2.20. The molecule has 0 aliphatic carbocycles. The van der Waals surface area contributed by atoms with Gasteiger partial charge < -0.3 is 9.47 Å². The van der Waals surface area contributed by atoms with Crippen LogP contribution in [0.3, 0.4) is 0 Å². The zero-order valence-electron chi connectivity index (χ0n) is 9.43. The normalized spacial score (nSPS) is 11.5. The van der Waals surface area contributed by atoms with Crippen molar-refractivity contribution >= 4 is 6.21 Å². The van der Waals surface area contributed by atoms with E-state index in [0.717, 1.165) is 5.56 Å². The number of nitrogens with zero attached hydrogens (tertiary/aromatic N) is 1. The molecule has 1 rings (SSSR count). The van der Waals surface area contributed by atoms with Gasteiger partial charge in [-0.2, -0.15) is 0 Å². The molecule has 1 aromatic rings. The van der Waals surface area contributed by atoms with Crippen LogP contribution >= 0.6 is 0 Å². The maximum atomic E-state index is 5.03. The molecule has 0 aromatic heterocycles. The van der Waals surface area contributed by atoms with E-state index in [1.807, 2.05) is 24.4 Å². The highest BCUT2D eigenvalue weighted by molar-refractivity contribution is 5.81. The van der Waals surface area contributed by atoms with E-state index in [4.69, 9.17) is 9.47 Å². The standard InChI is InChI=1S/C12H17NO2/c1-10-6-4-5-7-11(10)8-13-9-12(14-2)15-3/h4-8,12H,9H2,1-3H3. The number of aliphatic imine (C=N–C) groups is 1. The van der Waals surface area contributed by atoms with Crippen molar-refractivity contribution < 1.29 is 9.47 Å². The molecule has 82 valence electrons. The first-order valence-electron chi connectivity index (χ1n) is 4.89. The lowest BCUT2D eigenvalue weighted by molar-refractivity contribution is -0.0936. The Morgan fingerprint density at radius 2 is 1.93 bits per heavy atom. The quantitative estimate of drug-likeness (QED) is 0.546. The fraction of sp³-hybridized carbons (Fsp3) is 0.417. The molecule has 0 atom stereocenters. The van der Waals surface area contributed by atoms with Gasteiger partial charge in [-0.15, -0.1) is 0 Å². The van der Waals surface area contributed by atoms with Crippen LogP contribution in [-0.2, 0) is 9.47 Å². The molecule has 0 amide bonds. The van der Waals surface area contributed by atoms with Crippen molar-refractivity contribution in [2.45, 2.75) is 13.2 Å². The molecule has 0 fully saturated rings. The monoisotopic (exact) mass is 207 g/mol. The predicted molar refractivity (Wildman–Crippen MR) is 61.4 cm³/mol. The van der Waals surface area contributed by atoms with Gasteiger partial charge in [0.25, 0.3) is 0 Å². The molecule has 0 bridgehead atoms. The lowest BCUT2D eigenvalue weighted by atomic mass is 10.1. The summed E-state index contributed by atoms with van der Waals surface area (Å²) in [6.45, 7) is 2.58. The molecule has 0 N–H and O–H groups in total. The highest BCUT2D eigenvalue weighted by Gasteiger charge is 2.01. The van der Waals surface area contributed by atoms with Crippen LogP contribution < -0.4 is 0 Å². The van der Waals surface area contributed by atoms with Crippen LogP contribution in [0, 0.1) is 6.92 Å². The van der Waals surface area contributed by atoms with E-state index in [9.17, 15) is 0 Å². The van der Waals surface area contributed by atoms with E-state index >= 15 is 0 Å². The third kappa shape index (κ3) is 3.81. The largest absolute Gasteiger partial charge is 0.354 e. The van der Waals surface area contributed by atoms with Crippen LogP contribution in [0.1, 0.15) is 11.1 Å². The zero-order chi connectivity index (χ0) is 11.1. The number of methoxy groups -OCH3 is 2. The summed E-state index contributed by atoms with van der Waals surface area (Å²) in [4.78, 5) is 4.27. The summed E-state index contributed by atoms with van der Waals surface area (Å²) in [7, 11) is 3.22. The molecular formula is C12H17NO2. The molecule has 0 heterocycles. The summed E-state index contributed by atoms with van der Waals surface area (Å²) >= 11 is 0. The minimum absolute atomic E-state index is 0.259. The Morgan fingerprint density at radius 3 is 2.53 bits per heavy atom. The number of aryl methyl sites for hydroxylation is 1. The van der Waals surface area contributed by atoms with E-state index < -0.39 is 0 Å². The fourth-order valence-corrected chi connectivity index (χ4v) is 1.21. The SMILES string of the molecule is COC(CN=Cc1ccccc1C)OC. The van der Waals surface area contributed by atoms with Gasteiger partial charge in [0.15, 0.2) is 6.29 Å². The lowest BCUT2D eigenvalue weighted by Gasteiger charge is -2.09. The van der Waals surface area contributed by atoms with Crippen molar-refractivity contribution in [3.63, 3.8) is 0 Å². The molecule has 0 saturated heterocycles. The van der Waals surface area contributed by atoms with E-state index in [1.54, 1.807) is 14.2 Å². The molecule has 1 aromatic carbocycles. The van der Waals surface area contributed by atoms with Crippen molar-refractivity contribution in [2.75, 3.05) is 20.8 Å². The molecular weight excluding hydrogens is 190 g/mol. The topological polar surface area (TPSA) is 30.8 Å². The zero-order valence-corrected chi connectivity index (χ0v) is 9.43. The number of benzene rings is 1. The summed E-state index contributed by atoms with van der Waals surface area (Å²) in [5.74, 6) is 0. The summed E-state index contributed by atoms with van der Waals surface area (Å²) in [5.41, 5.74) is 2.34. The van der Waals surface area contributed by atoms with Crippen molar-refractivity contribution in [1.29, 1.82) is 0 Å². The highest BCUT2D eigenvalue weighted by atomic mass is 16.7. The average Bonchev–Trinajstić information content (AvgIpc) is 2.27. The molecule has 0 aliphatic rings. The van der Waals surface area contributed by atoms with E-state index in [0.29, 0.717) is 6.54 Å². The van der Waals surface area contributed by atoms with Gasteiger partial charge in [-0.3, -0.25) is 4.99 Å². The Bertz CT molecular complexity index is 319. The van der Waals surface area contributed by atoms with Gasteiger partial charge in [-0.25, -0.2) is 0 Å². The highest BCUT2D eigenvalue weighted by Crippen LogP contribution is 2.03. The minimum Gasteiger partial charge on any atom is -0.354 e. The van der Waals surface area contributed by atoms with Gasteiger partial charge in [0.2, 0.25) is 0 Å². The van der Waals surface area contributed by atoms with Gasteiger partial charge >= 0.3 is 0 Å². The smallest absolute Gasteiger partial charge is 0.176 e. The van der Waals surface area contributed by atoms with E-state index in [1.165, 1.54) is 5.56 Å². The summed E-state index contributed by atoms with van der Waals surface area (Å²) < 4.78 is 10.1. The fourth-order valence-electron chi connectivity index (χ4n) is 1.21. The maximum Gasteiger partial charge on any atom is 0.176 e. The Morgan fingerprint density at radius 1 is 1.27 bits per heavy atom. The summed E-state index contributed by atoms with van der Waals surface area (Å²) in [6.07, 6.45) is 1.59. The molecule has 0 saturated carbocycles. The predicted octanol–water partition coefficient (Wildman–Crippen LogP) is 2.03. The lowest BCUT2D eigenvalue weighted by Crippen LogP contribution is -2.16. The molecule has 0 unspecified atom stereocenters. The van der Waals surface area contributed by atoms with Crippen molar-refractivity contribution in [2.24, 2.45) is 4.99 Å². The van der Waals surface area contributed by atoms with Crippen molar-refractivity contribution in [1.82, 2.24) is 0 Å². The van der Waals surface area contributed by atoms with Gasteiger partial charge in [-0.05, 0) is 18.1 Å². The van der Waals surface area contributed by atoms with Gasteiger partial charge in [-0.1, -0.05) is 24.3 Å². The van der Waals surface area contributed by atoms with Crippen molar-refractivity contribution in [3.8, 4) is 0 Å². The van der Waals surface area contributed by atoms with Crippen LogP contribution in [0.25, 0.3) is 0 Å². The minimum atomic E-state index is -0.259. The van der Waals surface area contributed by atoms with Crippen molar-refractivity contribution in [3.05, 3.63) is 35.4 Å². The van der Waals surface area contributed by atoms with E-state index in [2.05, 4.69) is 18.0 Å². The number of hydrogen-bond donors (Lipinski definition) is 0. The maximum absolute atomic E-state index is 5.03. The first kappa shape index (κ1) is 11.9. The molecule has 3 heteroatoms. The molecule has 0 radical (unpaired) electrons. The number of ether oxygens (including phenoxy) is 2. The summed E-state index contributed by atoms with van der Waals surface area (Å²) in [6, 6.07) is 8.11. The Labute approximate surface area is 90.7 Å².